The molecule has 6 heteroatoms. The Morgan fingerprint density at radius 2 is 1.33 bits per heavy atom. The molecule has 0 aromatic heterocycles. The summed E-state index contributed by atoms with van der Waals surface area (Å²) in [6, 6.07) is 0. The van der Waals surface area contributed by atoms with Crippen molar-refractivity contribution >= 4 is 48.9 Å². The Kier molecular flexibility index (Phi) is 6.35. The van der Waals surface area contributed by atoms with E-state index in [0.717, 1.165) is 0 Å². The van der Waals surface area contributed by atoms with E-state index < -0.39 is 13.6 Å². The molecule has 0 radical (unpaired) electrons. The minimum atomic E-state index is -5.25. The van der Waals surface area contributed by atoms with Crippen LogP contribution in [0.2, 0.25) is 0 Å². The molecule has 36 valence electrons. The molecule has 0 aromatic rings. The van der Waals surface area contributed by atoms with Crippen LogP contribution in [0.25, 0.3) is 0 Å². The Bertz CT molecular complexity index is 97.2. The van der Waals surface area contributed by atoms with Crippen LogP contribution in [0.5, 0.6) is 0 Å². The molecular formula is H4BaCrO4. The summed E-state index contributed by atoms with van der Waals surface area (Å²) in [4.78, 5) is 0. The zero-order chi connectivity index (χ0) is 4.50. The standard InChI is InChI=1S/Ba.Cr.2H2O.2O.2H/h;;2*1H2;;;;/q2*+2;;;;;2*-1/p-2. The molecule has 0 rings (SSSR count). The maximum atomic E-state index is 8.82. The van der Waals surface area contributed by atoms with Gasteiger partial charge >= 0.3 is 78.4 Å². The summed E-state index contributed by atoms with van der Waals surface area (Å²) in [5, 5.41) is 0. The first-order valence-electron chi connectivity index (χ1n) is 0.698. The molecule has 0 spiro atoms. The van der Waals surface area contributed by atoms with Crippen LogP contribution in [-0.4, -0.2) is 57.2 Å². The molecule has 0 aliphatic rings. The van der Waals surface area contributed by atoms with Gasteiger partial charge in [0.1, 0.15) is 0 Å². The third-order valence-corrected chi connectivity index (χ3v) is 0. The summed E-state index contributed by atoms with van der Waals surface area (Å²) in [7, 11) is 0. The predicted molar refractivity (Wildman–Crippen MR) is 13.8 cm³/mol. The van der Waals surface area contributed by atoms with Gasteiger partial charge in [-0.15, -0.1) is 0 Å². The molecule has 0 heterocycles. The summed E-state index contributed by atoms with van der Waals surface area (Å²) in [5.41, 5.74) is 0. The van der Waals surface area contributed by atoms with Gasteiger partial charge in [0.25, 0.3) is 0 Å². The zero-order valence-electron chi connectivity index (χ0n) is 4.83. The van der Waals surface area contributed by atoms with Crippen molar-refractivity contribution in [3.8, 4) is 0 Å². The molecule has 2 N–H and O–H groups in total. The van der Waals surface area contributed by atoms with Crippen molar-refractivity contribution in [3.05, 3.63) is 0 Å². The van der Waals surface area contributed by atoms with Gasteiger partial charge in [0.05, 0.1) is 0 Å². The van der Waals surface area contributed by atoms with Crippen molar-refractivity contribution in [1.29, 1.82) is 0 Å². The monoisotopic (exact) mass is 258 g/mol. The van der Waals surface area contributed by atoms with E-state index in [9.17, 15) is 0 Å². The fourth-order valence-electron chi connectivity index (χ4n) is 0. The summed E-state index contributed by atoms with van der Waals surface area (Å²) >= 11 is -5.25. The van der Waals surface area contributed by atoms with Crippen LogP contribution in [-0.2, 0) is 21.2 Å². The molecule has 0 unspecified atom stereocenters. The van der Waals surface area contributed by atoms with E-state index in [4.69, 9.17) is 15.9 Å². The van der Waals surface area contributed by atoms with E-state index in [1.165, 1.54) is 0 Å². The number of hydrogen-bond acceptors (Lipinski definition) is 2. The maximum absolute atomic E-state index is 8.82. The average molecular weight is 257 g/mol. The quantitative estimate of drug-likeness (QED) is 0.517. The van der Waals surface area contributed by atoms with Crippen molar-refractivity contribution in [2.45, 2.75) is 0 Å². The van der Waals surface area contributed by atoms with Crippen LogP contribution >= 0.6 is 0 Å². The van der Waals surface area contributed by atoms with Crippen LogP contribution in [0.15, 0.2) is 0 Å². The van der Waals surface area contributed by atoms with Crippen LogP contribution in [0, 0.1) is 0 Å². The molecule has 0 saturated heterocycles. The Hall–Kier alpha value is 1.62. The van der Waals surface area contributed by atoms with Crippen molar-refractivity contribution in [3.63, 3.8) is 0 Å². The van der Waals surface area contributed by atoms with Crippen molar-refractivity contribution in [2.75, 3.05) is 0 Å². The van der Waals surface area contributed by atoms with Gasteiger partial charge in [-0.3, -0.25) is 0 Å². The average Bonchev–Trinajstić information content (AvgIpc) is 0.722. The molecule has 6 heavy (non-hydrogen) atoms. The van der Waals surface area contributed by atoms with Gasteiger partial charge in [-0.25, -0.2) is 0 Å². The predicted octanol–water partition coefficient (Wildman–Crippen LogP) is -1.51. The van der Waals surface area contributed by atoms with Gasteiger partial charge < -0.3 is 2.85 Å². The number of hydrogen-bond donors (Lipinski definition) is 2. The Labute approximate surface area is 80.0 Å². The second-order valence-electron chi connectivity index (χ2n) is 0.448. The molecule has 0 saturated carbocycles. The van der Waals surface area contributed by atoms with E-state index in [1.54, 1.807) is 0 Å². The Balaban J connectivity index is -0.0000000267. The molecule has 4 nitrogen and oxygen atoms in total. The molecule has 0 aliphatic heterocycles. The van der Waals surface area contributed by atoms with E-state index in [2.05, 4.69) is 0 Å². The Morgan fingerprint density at radius 3 is 1.33 bits per heavy atom. The third kappa shape index (κ3) is 45.6. The third-order valence-electron chi connectivity index (χ3n) is 0. The van der Waals surface area contributed by atoms with Gasteiger partial charge in [0.2, 0.25) is 0 Å². The second kappa shape index (κ2) is 3.60. The topological polar surface area (TPSA) is 74.6 Å². The van der Waals surface area contributed by atoms with Gasteiger partial charge in [-0.2, -0.15) is 0 Å². The van der Waals surface area contributed by atoms with Gasteiger partial charge in [0, 0.05) is 0 Å². The fourth-order valence-corrected chi connectivity index (χ4v) is 0. The molecule has 0 amide bonds. The zero-order valence-corrected chi connectivity index (χ0v) is 8.54. The van der Waals surface area contributed by atoms with Gasteiger partial charge in [-0.05, 0) is 0 Å². The second-order valence-corrected chi connectivity index (χ2v) is 1.85. The molecule has 0 aromatic carbocycles. The molecule has 0 bridgehead atoms. The summed E-state index contributed by atoms with van der Waals surface area (Å²) < 4.78 is 31.9. The molecule has 0 aliphatic carbocycles. The minimum absolute atomic E-state index is 0. The number of rotatable bonds is 0. The summed E-state index contributed by atoms with van der Waals surface area (Å²) in [6.45, 7) is 0. The van der Waals surface area contributed by atoms with E-state index >= 15 is 0 Å². The first-order valence-corrected chi connectivity index (χ1v) is 2.88. The Morgan fingerprint density at radius 1 is 1.33 bits per heavy atom. The normalized spacial score (nSPS) is 9.67. The van der Waals surface area contributed by atoms with E-state index in [-0.39, 0.29) is 51.7 Å². The van der Waals surface area contributed by atoms with Gasteiger partial charge in [0.15, 0.2) is 0 Å². The van der Waals surface area contributed by atoms with Crippen molar-refractivity contribution in [2.24, 2.45) is 0 Å². The molecule has 0 atom stereocenters. The summed E-state index contributed by atoms with van der Waals surface area (Å²) in [6.07, 6.45) is 0. The van der Waals surface area contributed by atoms with E-state index in [0.29, 0.717) is 0 Å². The van der Waals surface area contributed by atoms with Crippen molar-refractivity contribution in [1.82, 2.24) is 0 Å². The van der Waals surface area contributed by atoms with Crippen molar-refractivity contribution < 1.29 is 32.4 Å². The van der Waals surface area contributed by atoms with Crippen LogP contribution in [0.3, 0.4) is 0 Å². The first-order chi connectivity index (χ1) is 2.00. The fraction of sp³-hybridized carbons (Fsp3) is 0. The van der Waals surface area contributed by atoms with Gasteiger partial charge in [-0.1, -0.05) is 0 Å². The first kappa shape index (κ1) is 10.6. The SMILES string of the molecule is [Ba+2].[H-].[H-].[O]=[Cr](=[O])([OH])[OH]. The van der Waals surface area contributed by atoms with Crippen LogP contribution in [0.1, 0.15) is 2.85 Å². The molecular weight excluding hydrogens is 253 g/mol. The van der Waals surface area contributed by atoms with Crippen LogP contribution < -0.4 is 0 Å². The summed E-state index contributed by atoms with van der Waals surface area (Å²) in [5.74, 6) is 0. The van der Waals surface area contributed by atoms with Crippen LogP contribution in [0.4, 0.5) is 0 Å². The molecule has 0 fully saturated rings. The van der Waals surface area contributed by atoms with E-state index in [1.807, 2.05) is 0 Å².